The van der Waals surface area contributed by atoms with Crippen LogP contribution < -0.4 is 9.54 Å². The molecule has 1 saturated heterocycles. The quantitative estimate of drug-likeness (QED) is 0.424. The first kappa shape index (κ1) is 25.5. The van der Waals surface area contributed by atoms with Crippen LogP contribution in [0.2, 0.25) is 0 Å². The van der Waals surface area contributed by atoms with Crippen LogP contribution in [-0.4, -0.2) is 56.6 Å². The van der Waals surface area contributed by atoms with Crippen molar-refractivity contribution in [1.29, 1.82) is 0 Å². The summed E-state index contributed by atoms with van der Waals surface area (Å²) in [5.41, 5.74) is 0.947. The van der Waals surface area contributed by atoms with Crippen molar-refractivity contribution in [2.75, 3.05) is 33.4 Å². The Balaban J connectivity index is 1.52. The molecule has 0 N–H and O–H groups in total. The van der Waals surface area contributed by atoms with Crippen molar-refractivity contribution in [3.63, 3.8) is 0 Å². The predicted molar refractivity (Wildman–Crippen MR) is 131 cm³/mol. The second kappa shape index (κ2) is 11.0. The molecule has 2 heterocycles. The minimum atomic E-state index is -3.73. The number of carbonyl (C=O) groups is 1. The lowest BCUT2D eigenvalue weighted by Crippen LogP contribution is -2.40. The van der Waals surface area contributed by atoms with E-state index in [4.69, 9.17) is 9.47 Å². The largest absolute Gasteiger partial charge is 0.497 e. The van der Waals surface area contributed by atoms with Gasteiger partial charge in [-0.05, 0) is 62.2 Å². The van der Waals surface area contributed by atoms with E-state index < -0.39 is 15.8 Å². The molecule has 3 aromatic rings. The molecule has 35 heavy (non-hydrogen) atoms. The zero-order chi connectivity index (χ0) is 25.0. The fraction of sp³-hybridized carbons (Fsp3) is 0.417. The van der Waals surface area contributed by atoms with Crippen molar-refractivity contribution in [3.05, 3.63) is 53.1 Å². The van der Waals surface area contributed by atoms with Crippen molar-refractivity contribution in [3.8, 4) is 5.75 Å². The number of amides is 1. The van der Waals surface area contributed by atoms with Crippen LogP contribution in [0.1, 0.15) is 19.8 Å². The second-order valence-corrected chi connectivity index (χ2v) is 11.1. The number of aromatic nitrogens is 1. The maximum Gasteiger partial charge on any atom is 0.251 e. The minimum absolute atomic E-state index is 0.0457. The number of hydrogen-bond acceptors (Lipinski definition) is 6. The number of rotatable bonds is 8. The third kappa shape index (κ3) is 5.64. The normalized spacial score (nSPS) is 16.1. The maximum atomic E-state index is 13.2. The van der Waals surface area contributed by atoms with Crippen LogP contribution in [0, 0.1) is 11.7 Å². The van der Waals surface area contributed by atoms with Crippen molar-refractivity contribution >= 4 is 37.5 Å². The first-order valence-electron chi connectivity index (χ1n) is 11.4. The average Bonchev–Trinajstić information content (AvgIpc) is 3.20. The Kier molecular flexibility index (Phi) is 8.00. The molecule has 1 aromatic heterocycles. The Morgan fingerprint density at radius 3 is 2.54 bits per heavy atom. The Bertz CT molecular complexity index is 1360. The monoisotopic (exact) mass is 521 g/mol. The number of thiazole rings is 1. The summed E-state index contributed by atoms with van der Waals surface area (Å²) < 4.78 is 54.0. The fourth-order valence-electron chi connectivity index (χ4n) is 4.07. The molecule has 0 atom stereocenters. The van der Waals surface area contributed by atoms with Gasteiger partial charge in [0.25, 0.3) is 5.91 Å². The zero-order valence-corrected chi connectivity index (χ0v) is 21.3. The molecule has 8 nitrogen and oxygen atoms in total. The second-order valence-electron chi connectivity index (χ2n) is 8.15. The van der Waals surface area contributed by atoms with Gasteiger partial charge in [-0.15, -0.1) is 0 Å². The number of piperidine rings is 1. The molecule has 1 amide bonds. The number of hydrogen-bond donors (Lipinski definition) is 0. The molecule has 0 unspecified atom stereocenters. The summed E-state index contributed by atoms with van der Waals surface area (Å²) in [6.45, 7) is 4.00. The molecule has 1 fully saturated rings. The smallest absolute Gasteiger partial charge is 0.251 e. The lowest BCUT2D eigenvalue weighted by Gasteiger charge is -2.29. The van der Waals surface area contributed by atoms with E-state index in [1.165, 1.54) is 27.8 Å². The SMILES string of the molecule is CCOCCn1c(=NC(=O)C2CCN(S(=O)(=O)c3ccc(F)cc3)CC2)sc2cc(OC)ccc21. The van der Waals surface area contributed by atoms with Gasteiger partial charge in [0.05, 0.1) is 28.8 Å². The van der Waals surface area contributed by atoms with Crippen LogP contribution in [-0.2, 0) is 26.1 Å². The van der Waals surface area contributed by atoms with E-state index in [9.17, 15) is 17.6 Å². The zero-order valence-electron chi connectivity index (χ0n) is 19.6. The number of sulfonamides is 1. The number of ether oxygens (including phenoxy) is 2. The molecule has 11 heteroatoms. The van der Waals surface area contributed by atoms with E-state index in [0.717, 1.165) is 28.1 Å². The van der Waals surface area contributed by atoms with Crippen molar-refractivity contribution < 1.29 is 27.1 Å². The van der Waals surface area contributed by atoms with Crippen LogP contribution in [0.15, 0.2) is 52.4 Å². The Morgan fingerprint density at radius 1 is 1.17 bits per heavy atom. The summed E-state index contributed by atoms with van der Waals surface area (Å²) in [6, 6.07) is 10.5. The van der Waals surface area contributed by atoms with Gasteiger partial charge >= 0.3 is 0 Å². The Labute approximate surface area is 207 Å². The van der Waals surface area contributed by atoms with Gasteiger partial charge in [0.2, 0.25) is 10.0 Å². The fourth-order valence-corrected chi connectivity index (χ4v) is 6.63. The summed E-state index contributed by atoms with van der Waals surface area (Å²) in [7, 11) is -2.13. The van der Waals surface area contributed by atoms with Crippen molar-refractivity contribution in [2.24, 2.45) is 10.9 Å². The molecule has 1 aliphatic heterocycles. The topological polar surface area (TPSA) is 90.2 Å². The molecule has 188 valence electrons. The summed E-state index contributed by atoms with van der Waals surface area (Å²) >= 11 is 1.41. The van der Waals surface area contributed by atoms with Gasteiger partial charge in [-0.2, -0.15) is 9.30 Å². The standard InChI is InChI=1S/C24H28FN3O5S2/c1-3-33-15-14-28-21-9-6-19(32-2)16-22(21)34-24(28)26-23(29)17-10-12-27(13-11-17)35(30,31)20-7-4-18(25)5-8-20/h4-9,16-17H,3,10-15H2,1-2H3. The van der Waals surface area contributed by atoms with Crippen LogP contribution in [0.25, 0.3) is 10.2 Å². The summed E-state index contributed by atoms with van der Waals surface area (Å²) in [5, 5.41) is 0. The number of fused-ring (bicyclic) bond motifs is 1. The number of benzene rings is 2. The van der Waals surface area contributed by atoms with Gasteiger partial charge in [-0.1, -0.05) is 11.3 Å². The third-order valence-corrected chi connectivity index (χ3v) is 8.97. The number of carbonyl (C=O) groups excluding carboxylic acids is 1. The number of methoxy groups -OCH3 is 1. The van der Waals surface area contributed by atoms with E-state index >= 15 is 0 Å². The highest BCUT2D eigenvalue weighted by atomic mass is 32.2. The van der Waals surface area contributed by atoms with Gasteiger partial charge in [0.15, 0.2) is 4.80 Å². The molecular formula is C24H28FN3O5S2. The summed E-state index contributed by atoms with van der Waals surface area (Å²) in [4.78, 5) is 18.1. The van der Waals surface area contributed by atoms with Crippen molar-refractivity contribution in [1.82, 2.24) is 8.87 Å². The summed E-state index contributed by atoms with van der Waals surface area (Å²) in [6.07, 6.45) is 0.751. The molecule has 0 bridgehead atoms. The van der Waals surface area contributed by atoms with E-state index in [1.807, 2.05) is 29.7 Å². The first-order valence-corrected chi connectivity index (χ1v) is 13.7. The van der Waals surface area contributed by atoms with E-state index in [0.29, 0.717) is 37.4 Å². The highest BCUT2D eigenvalue weighted by Crippen LogP contribution is 2.26. The van der Waals surface area contributed by atoms with Crippen LogP contribution >= 0.6 is 11.3 Å². The highest BCUT2D eigenvalue weighted by molar-refractivity contribution is 7.89. The van der Waals surface area contributed by atoms with Gasteiger partial charge in [-0.3, -0.25) is 4.79 Å². The van der Waals surface area contributed by atoms with Gasteiger partial charge in [-0.25, -0.2) is 12.8 Å². The van der Waals surface area contributed by atoms with Gasteiger partial charge < -0.3 is 14.0 Å². The lowest BCUT2D eigenvalue weighted by molar-refractivity contribution is -0.122. The van der Waals surface area contributed by atoms with Gasteiger partial charge in [0, 0.05) is 32.2 Å². The highest BCUT2D eigenvalue weighted by Gasteiger charge is 2.32. The molecule has 0 aliphatic carbocycles. The lowest BCUT2D eigenvalue weighted by atomic mass is 9.98. The number of nitrogens with zero attached hydrogens (tertiary/aromatic N) is 3. The van der Waals surface area contributed by atoms with E-state index in [1.54, 1.807) is 7.11 Å². The first-order chi connectivity index (χ1) is 16.8. The van der Waals surface area contributed by atoms with E-state index in [2.05, 4.69) is 4.99 Å². The molecular weight excluding hydrogens is 493 g/mol. The van der Waals surface area contributed by atoms with Crippen LogP contribution in [0.3, 0.4) is 0 Å². The van der Waals surface area contributed by atoms with Gasteiger partial charge in [0.1, 0.15) is 11.6 Å². The minimum Gasteiger partial charge on any atom is -0.497 e. The number of halogens is 1. The summed E-state index contributed by atoms with van der Waals surface area (Å²) in [5.74, 6) is -0.390. The molecule has 0 spiro atoms. The Morgan fingerprint density at radius 2 is 1.89 bits per heavy atom. The van der Waals surface area contributed by atoms with E-state index in [-0.39, 0.29) is 29.8 Å². The molecule has 2 aromatic carbocycles. The van der Waals surface area contributed by atoms with Crippen LogP contribution in [0.5, 0.6) is 5.75 Å². The average molecular weight is 522 g/mol. The third-order valence-electron chi connectivity index (χ3n) is 6.01. The molecule has 0 saturated carbocycles. The van der Waals surface area contributed by atoms with Crippen molar-refractivity contribution in [2.45, 2.75) is 31.2 Å². The maximum absolute atomic E-state index is 13.2. The molecule has 4 rings (SSSR count). The molecule has 1 aliphatic rings. The van der Waals surface area contributed by atoms with Crippen LogP contribution in [0.4, 0.5) is 4.39 Å². The Hall–Kier alpha value is -2.60. The molecule has 0 radical (unpaired) electrons. The predicted octanol–water partition coefficient (Wildman–Crippen LogP) is 3.42.